The minimum absolute atomic E-state index is 0.0651. The predicted octanol–water partition coefficient (Wildman–Crippen LogP) is 1.05. The van der Waals surface area contributed by atoms with Crippen molar-refractivity contribution in [2.75, 3.05) is 13.7 Å². The van der Waals surface area contributed by atoms with E-state index in [1.54, 1.807) is 0 Å². The van der Waals surface area contributed by atoms with Gasteiger partial charge in [0.05, 0.1) is 13.7 Å². The van der Waals surface area contributed by atoms with E-state index in [1.165, 1.54) is 18.1 Å². The normalized spacial score (nSPS) is 23.1. The van der Waals surface area contributed by atoms with Crippen molar-refractivity contribution < 1.29 is 27.9 Å². The first-order valence-electron chi connectivity index (χ1n) is 8.44. The van der Waals surface area contributed by atoms with Gasteiger partial charge in [-0.1, -0.05) is 0 Å². The zero-order valence-electron chi connectivity index (χ0n) is 14.3. The van der Waals surface area contributed by atoms with Crippen LogP contribution < -0.4 is 5.73 Å². The standard InChI is InChI=1S/C18H20F2N2O4/c1-26-18(25)16-5-10(23)8-22(16)17(24)7-15(21)11-3-2-9-4-13(19)14(20)6-12(9)11/h4,6,11,15-16H,2-3,5,7-8,21H2,1H3/t11-,15-,16-/m0/s1. The van der Waals surface area contributed by atoms with Crippen molar-refractivity contribution in [1.82, 2.24) is 4.90 Å². The summed E-state index contributed by atoms with van der Waals surface area (Å²) in [6.07, 6.45) is 0.992. The van der Waals surface area contributed by atoms with Crippen LogP contribution in [0.15, 0.2) is 12.1 Å². The summed E-state index contributed by atoms with van der Waals surface area (Å²) in [5.74, 6) is -3.39. The second-order valence-corrected chi connectivity index (χ2v) is 6.78. The number of Topliss-reactive ketones (excluding diaryl/α,β-unsaturated/α-hetero) is 1. The summed E-state index contributed by atoms with van der Waals surface area (Å²) in [5.41, 5.74) is 7.49. The molecule has 0 saturated carbocycles. The first-order chi connectivity index (χ1) is 12.3. The van der Waals surface area contributed by atoms with E-state index in [4.69, 9.17) is 5.73 Å². The number of rotatable bonds is 4. The highest BCUT2D eigenvalue weighted by Gasteiger charge is 2.40. The SMILES string of the molecule is COC(=O)[C@@H]1CC(=O)CN1C(=O)C[C@H](N)[C@H]1CCc2cc(F)c(F)cc21. The molecule has 3 rings (SSSR count). The number of ketones is 1. The number of hydrogen-bond acceptors (Lipinski definition) is 5. The molecule has 1 aliphatic carbocycles. The molecule has 2 aliphatic rings. The zero-order chi connectivity index (χ0) is 19.0. The lowest BCUT2D eigenvalue weighted by atomic mass is 9.91. The van der Waals surface area contributed by atoms with Crippen molar-refractivity contribution in [3.05, 3.63) is 34.9 Å². The molecule has 6 nitrogen and oxygen atoms in total. The number of nitrogens with zero attached hydrogens (tertiary/aromatic N) is 1. The van der Waals surface area contributed by atoms with Crippen molar-refractivity contribution in [2.24, 2.45) is 5.73 Å². The summed E-state index contributed by atoms with van der Waals surface area (Å²) < 4.78 is 31.6. The average Bonchev–Trinajstić information content (AvgIpc) is 3.18. The van der Waals surface area contributed by atoms with Gasteiger partial charge in [0.15, 0.2) is 17.4 Å². The Morgan fingerprint density at radius 2 is 2.04 bits per heavy atom. The molecule has 0 bridgehead atoms. The third kappa shape index (κ3) is 3.33. The van der Waals surface area contributed by atoms with Crippen molar-refractivity contribution in [2.45, 2.75) is 43.7 Å². The number of hydrogen-bond donors (Lipinski definition) is 1. The molecular formula is C18H20F2N2O4. The van der Waals surface area contributed by atoms with Gasteiger partial charge in [-0.3, -0.25) is 9.59 Å². The topological polar surface area (TPSA) is 89.7 Å². The fraction of sp³-hybridized carbons (Fsp3) is 0.500. The minimum Gasteiger partial charge on any atom is -0.467 e. The predicted molar refractivity (Wildman–Crippen MR) is 87.2 cm³/mol. The highest BCUT2D eigenvalue weighted by atomic mass is 19.2. The Morgan fingerprint density at radius 1 is 1.35 bits per heavy atom. The third-order valence-corrected chi connectivity index (χ3v) is 5.17. The largest absolute Gasteiger partial charge is 0.467 e. The summed E-state index contributed by atoms with van der Waals surface area (Å²) in [6, 6.07) is 0.770. The smallest absolute Gasteiger partial charge is 0.329 e. The van der Waals surface area contributed by atoms with Crippen molar-refractivity contribution in [3.8, 4) is 0 Å². The average molecular weight is 366 g/mol. The molecule has 26 heavy (non-hydrogen) atoms. The summed E-state index contributed by atoms with van der Waals surface area (Å²) in [7, 11) is 1.20. The number of ether oxygens (including phenoxy) is 1. The van der Waals surface area contributed by atoms with Gasteiger partial charge in [0.2, 0.25) is 5.91 Å². The monoisotopic (exact) mass is 366 g/mol. The summed E-state index contributed by atoms with van der Waals surface area (Å²) in [5, 5.41) is 0. The lowest BCUT2D eigenvalue weighted by Gasteiger charge is -2.25. The van der Waals surface area contributed by atoms with Crippen LogP contribution in [0.2, 0.25) is 0 Å². The van der Waals surface area contributed by atoms with E-state index in [1.807, 2.05) is 0 Å². The quantitative estimate of drug-likeness (QED) is 0.805. The van der Waals surface area contributed by atoms with Gasteiger partial charge in [-0.2, -0.15) is 0 Å². The van der Waals surface area contributed by atoms with Crippen LogP contribution in [0.25, 0.3) is 0 Å². The van der Waals surface area contributed by atoms with Gasteiger partial charge in [0.25, 0.3) is 0 Å². The summed E-state index contributed by atoms with van der Waals surface area (Å²) in [4.78, 5) is 37.2. The van der Waals surface area contributed by atoms with Crippen LogP contribution in [-0.2, 0) is 25.5 Å². The lowest BCUT2D eigenvalue weighted by Crippen LogP contribution is -2.44. The molecule has 3 atom stereocenters. The van der Waals surface area contributed by atoms with Crippen molar-refractivity contribution in [1.29, 1.82) is 0 Å². The van der Waals surface area contributed by atoms with Gasteiger partial charge < -0.3 is 15.4 Å². The number of amides is 1. The Kier molecular flexibility index (Phi) is 5.04. The maximum absolute atomic E-state index is 13.6. The number of carbonyl (C=O) groups excluding carboxylic acids is 3. The molecule has 2 N–H and O–H groups in total. The Bertz CT molecular complexity index is 768. The first-order valence-corrected chi connectivity index (χ1v) is 8.44. The van der Waals surface area contributed by atoms with E-state index >= 15 is 0 Å². The van der Waals surface area contributed by atoms with Crippen molar-refractivity contribution in [3.63, 3.8) is 0 Å². The minimum atomic E-state index is -0.940. The molecule has 0 aromatic heterocycles. The molecule has 0 radical (unpaired) electrons. The Hall–Kier alpha value is -2.35. The van der Waals surface area contributed by atoms with Gasteiger partial charge in [-0.15, -0.1) is 0 Å². The van der Waals surface area contributed by atoms with E-state index in [2.05, 4.69) is 4.74 Å². The number of benzene rings is 1. The zero-order valence-corrected chi connectivity index (χ0v) is 14.3. The molecule has 1 aliphatic heterocycles. The maximum atomic E-state index is 13.6. The number of fused-ring (bicyclic) bond motifs is 1. The fourth-order valence-corrected chi connectivity index (χ4v) is 3.84. The second-order valence-electron chi connectivity index (χ2n) is 6.78. The van der Waals surface area contributed by atoms with E-state index in [9.17, 15) is 23.2 Å². The molecule has 8 heteroatoms. The molecule has 1 saturated heterocycles. The van der Waals surface area contributed by atoms with Gasteiger partial charge in [0.1, 0.15) is 6.04 Å². The Morgan fingerprint density at radius 3 is 2.73 bits per heavy atom. The van der Waals surface area contributed by atoms with Crippen LogP contribution in [0.1, 0.15) is 36.3 Å². The number of carbonyl (C=O) groups is 3. The van der Waals surface area contributed by atoms with Crippen LogP contribution in [0.3, 0.4) is 0 Å². The van der Waals surface area contributed by atoms with Gasteiger partial charge in [-0.25, -0.2) is 13.6 Å². The molecule has 1 aromatic carbocycles. The van der Waals surface area contributed by atoms with Gasteiger partial charge in [-0.05, 0) is 36.1 Å². The molecule has 1 aromatic rings. The fourth-order valence-electron chi connectivity index (χ4n) is 3.84. The summed E-state index contributed by atoms with van der Waals surface area (Å²) >= 11 is 0. The number of likely N-dealkylation sites (tertiary alicyclic amines) is 1. The van der Waals surface area contributed by atoms with Crippen LogP contribution in [0.4, 0.5) is 8.78 Å². The Balaban J connectivity index is 1.72. The van der Waals surface area contributed by atoms with Gasteiger partial charge >= 0.3 is 5.97 Å². The molecule has 0 unspecified atom stereocenters. The molecular weight excluding hydrogens is 346 g/mol. The van der Waals surface area contributed by atoms with E-state index in [-0.39, 0.29) is 31.1 Å². The van der Waals surface area contributed by atoms with Crippen LogP contribution >= 0.6 is 0 Å². The molecule has 140 valence electrons. The van der Waals surface area contributed by atoms with Gasteiger partial charge in [0, 0.05) is 24.8 Å². The molecule has 0 spiro atoms. The number of methoxy groups -OCH3 is 1. The summed E-state index contributed by atoms with van der Waals surface area (Å²) in [6.45, 7) is -0.146. The number of aryl methyl sites for hydroxylation is 1. The highest BCUT2D eigenvalue weighted by molar-refractivity contribution is 5.97. The number of esters is 1. The first kappa shape index (κ1) is 18.4. The van der Waals surface area contributed by atoms with Crippen molar-refractivity contribution >= 4 is 17.7 Å². The second kappa shape index (κ2) is 7.11. The molecule has 1 fully saturated rings. The lowest BCUT2D eigenvalue weighted by molar-refractivity contribution is -0.151. The van der Waals surface area contributed by atoms with E-state index in [0.29, 0.717) is 24.0 Å². The maximum Gasteiger partial charge on any atom is 0.329 e. The molecule has 1 amide bonds. The number of halogens is 2. The van der Waals surface area contributed by atoms with Crippen LogP contribution in [0.5, 0.6) is 0 Å². The highest BCUT2D eigenvalue weighted by Crippen LogP contribution is 2.37. The Labute approximate surface area is 149 Å². The van der Waals surface area contributed by atoms with E-state index < -0.39 is 35.6 Å². The van der Waals surface area contributed by atoms with Crippen LogP contribution in [0, 0.1) is 11.6 Å². The van der Waals surface area contributed by atoms with E-state index in [0.717, 1.165) is 6.07 Å². The molecule has 1 heterocycles. The third-order valence-electron chi connectivity index (χ3n) is 5.17. The van der Waals surface area contributed by atoms with Crippen LogP contribution in [-0.4, -0.2) is 48.3 Å². The number of nitrogens with two attached hydrogens (primary N) is 1.